The van der Waals surface area contributed by atoms with Crippen molar-refractivity contribution in [3.63, 3.8) is 0 Å². The molecule has 0 aromatic rings. The number of nitrogens with zero attached hydrogens (tertiary/aromatic N) is 1. The quantitative estimate of drug-likeness (QED) is 0.670. The van der Waals surface area contributed by atoms with Crippen molar-refractivity contribution in [2.24, 2.45) is 5.92 Å². The fourth-order valence-electron chi connectivity index (χ4n) is 1.51. The van der Waals surface area contributed by atoms with Gasteiger partial charge in [0.05, 0.1) is 6.67 Å². The molecule has 0 bridgehead atoms. The monoisotopic (exact) mass is 199 g/mol. The van der Waals surface area contributed by atoms with Crippen LogP contribution in [0, 0.1) is 5.92 Å². The van der Waals surface area contributed by atoms with Gasteiger partial charge in [-0.1, -0.05) is 13.8 Å². The number of carbonyl (C=O) groups is 1. The van der Waals surface area contributed by atoms with Crippen LogP contribution in [0.15, 0.2) is 0 Å². The SMILES string of the molecule is CC(C)CC(=O)NCN1CCNCC1. The van der Waals surface area contributed by atoms with Crippen LogP contribution in [-0.2, 0) is 4.79 Å². The van der Waals surface area contributed by atoms with Gasteiger partial charge in [0.1, 0.15) is 0 Å². The van der Waals surface area contributed by atoms with Crippen molar-refractivity contribution in [1.82, 2.24) is 15.5 Å². The molecule has 82 valence electrons. The van der Waals surface area contributed by atoms with E-state index in [1.54, 1.807) is 0 Å². The maximum atomic E-state index is 11.3. The summed E-state index contributed by atoms with van der Waals surface area (Å²) in [5, 5.41) is 6.22. The Morgan fingerprint density at radius 2 is 2.07 bits per heavy atom. The minimum absolute atomic E-state index is 0.165. The molecule has 0 unspecified atom stereocenters. The molecule has 0 spiro atoms. The standard InChI is InChI=1S/C10H21N3O/c1-9(2)7-10(14)12-8-13-5-3-11-4-6-13/h9,11H,3-8H2,1-2H3,(H,12,14). The largest absolute Gasteiger partial charge is 0.343 e. The van der Waals surface area contributed by atoms with Gasteiger partial charge in [-0.05, 0) is 5.92 Å². The molecule has 0 saturated carbocycles. The molecule has 14 heavy (non-hydrogen) atoms. The van der Waals surface area contributed by atoms with E-state index in [1.165, 1.54) is 0 Å². The Bertz CT molecular complexity index is 176. The van der Waals surface area contributed by atoms with Gasteiger partial charge in [0.25, 0.3) is 0 Å². The summed E-state index contributed by atoms with van der Waals surface area (Å²) in [6.45, 7) is 8.94. The van der Waals surface area contributed by atoms with E-state index in [4.69, 9.17) is 0 Å². The molecule has 1 aliphatic heterocycles. The number of rotatable bonds is 4. The second-order valence-corrected chi connectivity index (χ2v) is 4.22. The van der Waals surface area contributed by atoms with Gasteiger partial charge in [-0.15, -0.1) is 0 Å². The highest BCUT2D eigenvalue weighted by molar-refractivity contribution is 5.75. The van der Waals surface area contributed by atoms with Crippen molar-refractivity contribution in [2.45, 2.75) is 20.3 Å². The smallest absolute Gasteiger partial charge is 0.221 e. The van der Waals surface area contributed by atoms with Crippen molar-refractivity contribution in [3.05, 3.63) is 0 Å². The van der Waals surface area contributed by atoms with Crippen LogP contribution in [-0.4, -0.2) is 43.7 Å². The van der Waals surface area contributed by atoms with E-state index in [2.05, 4.69) is 29.4 Å². The van der Waals surface area contributed by atoms with Crippen molar-refractivity contribution in [1.29, 1.82) is 0 Å². The first kappa shape index (κ1) is 11.5. The van der Waals surface area contributed by atoms with Gasteiger partial charge in [-0.25, -0.2) is 0 Å². The highest BCUT2D eigenvalue weighted by atomic mass is 16.1. The maximum Gasteiger partial charge on any atom is 0.221 e. The molecule has 1 fully saturated rings. The summed E-state index contributed by atoms with van der Waals surface area (Å²) in [6, 6.07) is 0. The summed E-state index contributed by atoms with van der Waals surface area (Å²) in [5.74, 6) is 0.608. The third-order valence-corrected chi connectivity index (χ3v) is 2.30. The van der Waals surface area contributed by atoms with Crippen LogP contribution in [0.2, 0.25) is 0 Å². The number of amides is 1. The first-order chi connectivity index (χ1) is 6.68. The number of hydrogen-bond donors (Lipinski definition) is 2. The molecule has 4 heteroatoms. The van der Waals surface area contributed by atoms with Crippen molar-refractivity contribution < 1.29 is 4.79 Å². The van der Waals surface area contributed by atoms with E-state index in [1.807, 2.05) is 0 Å². The van der Waals surface area contributed by atoms with Gasteiger partial charge in [0.15, 0.2) is 0 Å². The number of hydrogen-bond acceptors (Lipinski definition) is 3. The molecule has 1 heterocycles. The molecule has 0 radical (unpaired) electrons. The van der Waals surface area contributed by atoms with Crippen LogP contribution in [0.1, 0.15) is 20.3 Å². The lowest BCUT2D eigenvalue weighted by atomic mass is 10.1. The molecule has 0 atom stereocenters. The zero-order valence-electron chi connectivity index (χ0n) is 9.18. The van der Waals surface area contributed by atoms with Gasteiger partial charge in [-0.3, -0.25) is 9.69 Å². The van der Waals surface area contributed by atoms with Crippen LogP contribution in [0.5, 0.6) is 0 Å². The van der Waals surface area contributed by atoms with Crippen LogP contribution in [0.25, 0.3) is 0 Å². The summed E-state index contributed by atoms with van der Waals surface area (Å²) >= 11 is 0. The van der Waals surface area contributed by atoms with E-state index in [9.17, 15) is 4.79 Å². The van der Waals surface area contributed by atoms with Gasteiger partial charge in [-0.2, -0.15) is 0 Å². The summed E-state index contributed by atoms with van der Waals surface area (Å²) in [4.78, 5) is 13.6. The summed E-state index contributed by atoms with van der Waals surface area (Å²) in [5.41, 5.74) is 0. The Labute approximate surface area is 86.0 Å². The molecular formula is C10H21N3O. The lowest BCUT2D eigenvalue weighted by Gasteiger charge is -2.27. The van der Waals surface area contributed by atoms with Gasteiger partial charge < -0.3 is 10.6 Å². The van der Waals surface area contributed by atoms with E-state index >= 15 is 0 Å². The third kappa shape index (κ3) is 4.58. The average molecular weight is 199 g/mol. The first-order valence-electron chi connectivity index (χ1n) is 5.38. The zero-order valence-corrected chi connectivity index (χ0v) is 9.18. The van der Waals surface area contributed by atoms with Gasteiger partial charge >= 0.3 is 0 Å². The molecule has 0 aliphatic carbocycles. The normalized spacial score (nSPS) is 18.5. The zero-order chi connectivity index (χ0) is 10.4. The molecule has 0 aromatic carbocycles. The fourth-order valence-corrected chi connectivity index (χ4v) is 1.51. The van der Waals surface area contributed by atoms with Crippen LogP contribution in [0.4, 0.5) is 0 Å². The minimum atomic E-state index is 0.165. The van der Waals surface area contributed by atoms with Crippen LogP contribution < -0.4 is 10.6 Å². The molecule has 2 N–H and O–H groups in total. The lowest BCUT2D eigenvalue weighted by Crippen LogP contribution is -2.48. The van der Waals surface area contributed by atoms with Gasteiger partial charge in [0.2, 0.25) is 5.91 Å². The Morgan fingerprint density at radius 1 is 1.43 bits per heavy atom. The highest BCUT2D eigenvalue weighted by Gasteiger charge is 2.10. The molecule has 1 rings (SSSR count). The predicted octanol–water partition coefficient (Wildman–Crippen LogP) is 0.0114. The second-order valence-electron chi connectivity index (χ2n) is 4.22. The Hall–Kier alpha value is -0.610. The Kier molecular flexibility index (Phi) is 4.90. The van der Waals surface area contributed by atoms with Crippen molar-refractivity contribution in [3.8, 4) is 0 Å². The Balaban J connectivity index is 2.09. The van der Waals surface area contributed by atoms with Crippen molar-refractivity contribution >= 4 is 5.91 Å². The van der Waals surface area contributed by atoms with Crippen LogP contribution >= 0.6 is 0 Å². The average Bonchev–Trinajstić information content (AvgIpc) is 2.15. The molecule has 1 saturated heterocycles. The molecule has 4 nitrogen and oxygen atoms in total. The molecular weight excluding hydrogens is 178 g/mol. The summed E-state index contributed by atoms with van der Waals surface area (Å²) < 4.78 is 0. The van der Waals surface area contributed by atoms with E-state index in [0.29, 0.717) is 19.0 Å². The predicted molar refractivity (Wildman–Crippen MR) is 56.9 cm³/mol. The van der Waals surface area contributed by atoms with Crippen LogP contribution in [0.3, 0.4) is 0 Å². The second kappa shape index (κ2) is 5.98. The number of piperazine rings is 1. The summed E-state index contributed by atoms with van der Waals surface area (Å²) in [6.07, 6.45) is 0.631. The molecule has 0 aromatic heterocycles. The number of nitrogens with one attached hydrogen (secondary N) is 2. The minimum Gasteiger partial charge on any atom is -0.343 e. The van der Waals surface area contributed by atoms with Gasteiger partial charge in [0, 0.05) is 32.6 Å². The highest BCUT2D eigenvalue weighted by Crippen LogP contribution is 1.98. The molecule has 1 aliphatic rings. The Morgan fingerprint density at radius 3 is 2.64 bits per heavy atom. The van der Waals surface area contributed by atoms with Crippen molar-refractivity contribution in [2.75, 3.05) is 32.8 Å². The topological polar surface area (TPSA) is 44.4 Å². The van der Waals surface area contributed by atoms with E-state index < -0.39 is 0 Å². The van der Waals surface area contributed by atoms with E-state index in [0.717, 1.165) is 26.2 Å². The lowest BCUT2D eigenvalue weighted by molar-refractivity contribution is -0.122. The summed E-state index contributed by atoms with van der Waals surface area (Å²) in [7, 11) is 0. The fraction of sp³-hybridized carbons (Fsp3) is 0.900. The van der Waals surface area contributed by atoms with E-state index in [-0.39, 0.29) is 5.91 Å². The third-order valence-electron chi connectivity index (χ3n) is 2.30. The molecule has 1 amide bonds. The maximum absolute atomic E-state index is 11.3. The number of carbonyl (C=O) groups excluding carboxylic acids is 1. The first-order valence-corrected chi connectivity index (χ1v) is 5.38.